The predicted molar refractivity (Wildman–Crippen MR) is 90.0 cm³/mol. The largest absolute Gasteiger partial charge is 0.385 e. The van der Waals surface area contributed by atoms with Crippen molar-refractivity contribution in [2.45, 2.75) is 25.8 Å². The lowest BCUT2D eigenvalue weighted by molar-refractivity contribution is 0.192. The van der Waals surface area contributed by atoms with E-state index in [0.717, 1.165) is 55.5 Å². The second kappa shape index (κ2) is 10.5. The van der Waals surface area contributed by atoms with Gasteiger partial charge in [-0.2, -0.15) is 0 Å². The van der Waals surface area contributed by atoms with Crippen LogP contribution in [-0.2, 0) is 11.3 Å². The Labute approximate surface area is 133 Å². The fourth-order valence-corrected chi connectivity index (χ4v) is 2.29. The standard InChI is InChI=1S/C16H26ClN3O/c1-18-16(19-11-7-4-8-12-21-3)20(2)13-14-9-5-6-10-15(14)17/h5-6,9-10H,4,7-8,11-13H2,1-3H3,(H,18,19). The van der Waals surface area contributed by atoms with Crippen LogP contribution in [0.4, 0.5) is 0 Å². The van der Waals surface area contributed by atoms with Gasteiger partial charge in [-0.05, 0) is 30.9 Å². The quantitative estimate of drug-likeness (QED) is 0.455. The maximum atomic E-state index is 6.19. The molecule has 0 saturated carbocycles. The molecule has 0 unspecified atom stereocenters. The van der Waals surface area contributed by atoms with Crippen molar-refractivity contribution >= 4 is 17.6 Å². The number of hydrogen-bond donors (Lipinski definition) is 1. The van der Waals surface area contributed by atoms with E-state index in [1.807, 2.05) is 31.3 Å². The number of unbranched alkanes of at least 4 members (excludes halogenated alkanes) is 2. The van der Waals surface area contributed by atoms with Crippen LogP contribution < -0.4 is 5.32 Å². The van der Waals surface area contributed by atoms with Gasteiger partial charge in [0.25, 0.3) is 0 Å². The molecule has 5 heteroatoms. The van der Waals surface area contributed by atoms with Crippen molar-refractivity contribution in [2.24, 2.45) is 4.99 Å². The predicted octanol–water partition coefficient (Wildman–Crippen LogP) is 3.16. The average molecular weight is 312 g/mol. The number of benzene rings is 1. The number of guanidine groups is 1. The Kier molecular flexibility index (Phi) is 8.87. The molecule has 0 atom stereocenters. The number of halogens is 1. The van der Waals surface area contributed by atoms with E-state index in [4.69, 9.17) is 16.3 Å². The van der Waals surface area contributed by atoms with Crippen LogP contribution in [0.25, 0.3) is 0 Å². The molecule has 0 aliphatic carbocycles. The highest BCUT2D eigenvalue weighted by molar-refractivity contribution is 6.31. The van der Waals surface area contributed by atoms with Crippen molar-refractivity contribution in [3.8, 4) is 0 Å². The molecule has 0 radical (unpaired) electrons. The first kappa shape index (κ1) is 17.8. The van der Waals surface area contributed by atoms with Gasteiger partial charge < -0.3 is 15.0 Å². The van der Waals surface area contributed by atoms with Gasteiger partial charge in [0.1, 0.15) is 0 Å². The molecule has 0 heterocycles. The molecule has 0 saturated heterocycles. The number of rotatable bonds is 8. The maximum Gasteiger partial charge on any atom is 0.193 e. The van der Waals surface area contributed by atoms with E-state index >= 15 is 0 Å². The summed E-state index contributed by atoms with van der Waals surface area (Å²) >= 11 is 6.19. The molecule has 0 fully saturated rings. The molecule has 1 aromatic carbocycles. The van der Waals surface area contributed by atoms with Crippen LogP contribution in [0.5, 0.6) is 0 Å². The Morgan fingerprint density at radius 1 is 1.29 bits per heavy atom. The summed E-state index contributed by atoms with van der Waals surface area (Å²) in [7, 11) is 5.56. The highest BCUT2D eigenvalue weighted by Gasteiger charge is 2.08. The highest BCUT2D eigenvalue weighted by Crippen LogP contribution is 2.16. The molecule has 0 bridgehead atoms. The van der Waals surface area contributed by atoms with Gasteiger partial charge in [0, 0.05) is 45.9 Å². The molecule has 0 amide bonds. The summed E-state index contributed by atoms with van der Waals surface area (Å²) in [4.78, 5) is 6.39. The van der Waals surface area contributed by atoms with Crippen LogP contribution >= 0.6 is 11.6 Å². The third-order valence-electron chi connectivity index (χ3n) is 3.25. The van der Waals surface area contributed by atoms with E-state index in [2.05, 4.69) is 15.2 Å². The third kappa shape index (κ3) is 6.82. The average Bonchev–Trinajstić information content (AvgIpc) is 2.49. The minimum absolute atomic E-state index is 0.739. The van der Waals surface area contributed by atoms with E-state index < -0.39 is 0 Å². The Balaban J connectivity index is 2.36. The van der Waals surface area contributed by atoms with E-state index in [9.17, 15) is 0 Å². The molecule has 1 aromatic rings. The van der Waals surface area contributed by atoms with E-state index in [1.165, 1.54) is 0 Å². The molecule has 0 aromatic heterocycles. The molecule has 0 spiro atoms. The third-order valence-corrected chi connectivity index (χ3v) is 3.62. The van der Waals surface area contributed by atoms with Crippen molar-refractivity contribution in [1.82, 2.24) is 10.2 Å². The fraction of sp³-hybridized carbons (Fsp3) is 0.562. The van der Waals surface area contributed by atoms with Gasteiger partial charge in [0.15, 0.2) is 5.96 Å². The van der Waals surface area contributed by atoms with Crippen molar-refractivity contribution in [1.29, 1.82) is 0 Å². The molecule has 4 nitrogen and oxygen atoms in total. The lowest BCUT2D eigenvalue weighted by Gasteiger charge is -2.22. The normalized spacial score (nSPS) is 11.5. The molecule has 118 valence electrons. The zero-order chi connectivity index (χ0) is 15.5. The number of methoxy groups -OCH3 is 1. The summed E-state index contributed by atoms with van der Waals surface area (Å²) in [6, 6.07) is 7.90. The fourth-order valence-electron chi connectivity index (χ4n) is 2.09. The Hall–Kier alpha value is -1.26. The molecular weight excluding hydrogens is 286 g/mol. The minimum Gasteiger partial charge on any atom is -0.385 e. The number of hydrogen-bond acceptors (Lipinski definition) is 2. The summed E-state index contributed by atoms with van der Waals surface area (Å²) in [6.45, 7) is 2.49. The lowest BCUT2D eigenvalue weighted by Crippen LogP contribution is -2.38. The Morgan fingerprint density at radius 3 is 2.71 bits per heavy atom. The number of aliphatic imine (C=N–C) groups is 1. The first-order valence-electron chi connectivity index (χ1n) is 7.33. The van der Waals surface area contributed by atoms with Crippen LogP contribution in [-0.4, -0.2) is 45.2 Å². The first-order chi connectivity index (χ1) is 10.2. The van der Waals surface area contributed by atoms with Crippen molar-refractivity contribution in [3.63, 3.8) is 0 Å². The van der Waals surface area contributed by atoms with Crippen molar-refractivity contribution in [2.75, 3.05) is 34.4 Å². The van der Waals surface area contributed by atoms with Crippen molar-refractivity contribution in [3.05, 3.63) is 34.9 Å². The molecule has 0 aliphatic heterocycles. The van der Waals surface area contributed by atoms with Crippen LogP contribution in [0.15, 0.2) is 29.3 Å². The van der Waals surface area contributed by atoms with Gasteiger partial charge in [0.05, 0.1) is 0 Å². The molecule has 21 heavy (non-hydrogen) atoms. The SMILES string of the molecule is CN=C(NCCCCCOC)N(C)Cc1ccccc1Cl. The second-order valence-electron chi connectivity index (χ2n) is 4.97. The van der Waals surface area contributed by atoms with E-state index in [0.29, 0.717) is 0 Å². The zero-order valence-corrected chi connectivity index (χ0v) is 14.0. The van der Waals surface area contributed by atoms with Gasteiger partial charge in [-0.1, -0.05) is 29.8 Å². The summed E-state index contributed by atoms with van der Waals surface area (Å²) < 4.78 is 5.04. The first-order valence-corrected chi connectivity index (χ1v) is 7.71. The number of nitrogens with one attached hydrogen (secondary N) is 1. The van der Waals surface area contributed by atoms with Crippen LogP contribution in [0.1, 0.15) is 24.8 Å². The molecular formula is C16H26ClN3O. The summed E-state index contributed by atoms with van der Waals surface area (Å²) in [6.07, 6.45) is 3.38. The van der Waals surface area contributed by atoms with E-state index in [-0.39, 0.29) is 0 Å². The number of ether oxygens (including phenoxy) is 1. The monoisotopic (exact) mass is 311 g/mol. The van der Waals surface area contributed by atoms with Gasteiger partial charge in [-0.15, -0.1) is 0 Å². The Morgan fingerprint density at radius 2 is 2.05 bits per heavy atom. The van der Waals surface area contributed by atoms with Gasteiger partial charge in [0.2, 0.25) is 0 Å². The Bertz CT molecular complexity index is 437. The molecule has 0 aliphatic rings. The molecule has 1 N–H and O–H groups in total. The summed E-state index contributed by atoms with van der Waals surface area (Å²) in [5.41, 5.74) is 1.10. The highest BCUT2D eigenvalue weighted by atomic mass is 35.5. The van der Waals surface area contributed by atoms with Crippen molar-refractivity contribution < 1.29 is 4.74 Å². The van der Waals surface area contributed by atoms with Gasteiger partial charge in [-0.3, -0.25) is 4.99 Å². The summed E-state index contributed by atoms with van der Waals surface area (Å²) in [5.74, 6) is 0.890. The van der Waals surface area contributed by atoms with Crippen LogP contribution in [0.2, 0.25) is 5.02 Å². The second-order valence-corrected chi connectivity index (χ2v) is 5.38. The lowest BCUT2D eigenvalue weighted by atomic mass is 10.2. The topological polar surface area (TPSA) is 36.9 Å². The van der Waals surface area contributed by atoms with Gasteiger partial charge >= 0.3 is 0 Å². The van der Waals surface area contributed by atoms with Crippen LogP contribution in [0, 0.1) is 0 Å². The maximum absolute atomic E-state index is 6.19. The minimum atomic E-state index is 0.739. The molecule has 1 rings (SSSR count). The van der Waals surface area contributed by atoms with Gasteiger partial charge in [-0.25, -0.2) is 0 Å². The zero-order valence-electron chi connectivity index (χ0n) is 13.2. The number of nitrogens with zero attached hydrogens (tertiary/aromatic N) is 2. The summed E-state index contributed by atoms with van der Waals surface area (Å²) in [5, 5.41) is 4.17. The van der Waals surface area contributed by atoms with Crippen LogP contribution in [0.3, 0.4) is 0 Å². The smallest absolute Gasteiger partial charge is 0.193 e. The van der Waals surface area contributed by atoms with E-state index in [1.54, 1.807) is 14.2 Å².